The number of hydrogen-bond donors (Lipinski definition) is 1. The Balaban J connectivity index is 1.97. The van der Waals surface area contributed by atoms with Crippen molar-refractivity contribution in [2.75, 3.05) is 5.73 Å². The van der Waals surface area contributed by atoms with Gasteiger partial charge in [-0.2, -0.15) is 5.26 Å². The van der Waals surface area contributed by atoms with E-state index >= 15 is 0 Å². The van der Waals surface area contributed by atoms with Gasteiger partial charge in [-0.05, 0) is 43.0 Å². The van der Waals surface area contributed by atoms with E-state index in [1.165, 1.54) is 11.8 Å². The number of benzene rings is 1. The summed E-state index contributed by atoms with van der Waals surface area (Å²) in [6.07, 6.45) is 0. The van der Waals surface area contributed by atoms with Gasteiger partial charge in [0.1, 0.15) is 10.5 Å². The van der Waals surface area contributed by atoms with Gasteiger partial charge < -0.3 is 10.2 Å². The van der Waals surface area contributed by atoms with Crippen LogP contribution in [0.3, 0.4) is 0 Å². The van der Waals surface area contributed by atoms with Crippen molar-refractivity contribution < 1.29 is 4.42 Å². The quantitative estimate of drug-likeness (QED) is 0.726. The number of nitrogen functional groups attached to an aromatic ring is 1. The summed E-state index contributed by atoms with van der Waals surface area (Å²) < 4.78 is 5.62. The van der Waals surface area contributed by atoms with Crippen LogP contribution in [0.15, 0.2) is 45.0 Å². The zero-order valence-corrected chi connectivity index (χ0v) is 11.4. The van der Waals surface area contributed by atoms with E-state index in [2.05, 4.69) is 16.0 Å². The van der Waals surface area contributed by atoms with Crippen molar-refractivity contribution in [1.82, 2.24) is 9.97 Å². The molecule has 1 aromatic carbocycles. The van der Waals surface area contributed by atoms with Gasteiger partial charge in [0.2, 0.25) is 0 Å². The van der Waals surface area contributed by atoms with E-state index in [-0.39, 0.29) is 0 Å². The summed E-state index contributed by atoms with van der Waals surface area (Å²) in [5.41, 5.74) is 9.07. The number of nitriles is 1. The fraction of sp³-hybridized carbons (Fsp3) is 0.0714. The molecule has 5 nitrogen and oxygen atoms in total. The number of aryl methyl sites for hydroxylation is 1. The van der Waals surface area contributed by atoms with Crippen LogP contribution in [0.2, 0.25) is 0 Å². The van der Waals surface area contributed by atoms with Crippen LogP contribution < -0.4 is 5.73 Å². The van der Waals surface area contributed by atoms with E-state index in [4.69, 9.17) is 15.4 Å². The second-order valence-electron chi connectivity index (χ2n) is 4.26. The highest BCUT2D eigenvalue weighted by Gasteiger charge is 2.10. The molecule has 0 aliphatic rings. The van der Waals surface area contributed by atoms with E-state index in [1.54, 1.807) is 24.3 Å². The minimum absolute atomic E-state index is 0.479. The maximum atomic E-state index is 8.96. The fourth-order valence-electron chi connectivity index (χ4n) is 1.81. The van der Waals surface area contributed by atoms with E-state index in [9.17, 15) is 0 Å². The van der Waals surface area contributed by atoms with Crippen LogP contribution in [-0.4, -0.2) is 9.97 Å². The summed E-state index contributed by atoms with van der Waals surface area (Å²) in [5.74, 6) is 0. The zero-order chi connectivity index (χ0) is 14.1. The van der Waals surface area contributed by atoms with Crippen molar-refractivity contribution in [3.8, 4) is 6.07 Å². The molecule has 0 saturated carbocycles. The highest BCUT2D eigenvalue weighted by atomic mass is 32.2. The van der Waals surface area contributed by atoms with Gasteiger partial charge in [0.05, 0.1) is 11.6 Å². The first-order valence-corrected chi connectivity index (χ1v) is 6.68. The average molecular weight is 282 g/mol. The largest absolute Gasteiger partial charge is 0.431 e. The molecule has 2 N–H and O–H groups in total. The topological polar surface area (TPSA) is 88.7 Å². The normalized spacial score (nSPS) is 10.6. The van der Waals surface area contributed by atoms with Crippen molar-refractivity contribution in [1.29, 1.82) is 5.26 Å². The molecule has 3 aromatic rings. The van der Waals surface area contributed by atoms with Gasteiger partial charge in [-0.15, -0.1) is 0 Å². The van der Waals surface area contributed by atoms with E-state index < -0.39 is 0 Å². The molecule has 0 saturated heterocycles. The molecule has 98 valence electrons. The molecule has 6 heteroatoms. The van der Waals surface area contributed by atoms with Gasteiger partial charge in [0.15, 0.2) is 5.58 Å². The third kappa shape index (κ3) is 2.44. The number of oxazole rings is 1. The second-order valence-corrected chi connectivity index (χ2v) is 5.23. The first-order chi connectivity index (χ1) is 9.64. The van der Waals surface area contributed by atoms with Crippen molar-refractivity contribution in [2.24, 2.45) is 0 Å². The summed E-state index contributed by atoms with van der Waals surface area (Å²) >= 11 is 1.28. The van der Waals surface area contributed by atoms with Crippen LogP contribution in [0, 0.1) is 18.3 Å². The van der Waals surface area contributed by atoms with E-state index in [0.29, 0.717) is 27.1 Å². The first kappa shape index (κ1) is 12.5. The third-order valence-electron chi connectivity index (χ3n) is 2.64. The van der Waals surface area contributed by atoms with Crippen molar-refractivity contribution in [3.05, 3.63) is 41.6 Å². The number of hydrogen-bond acceptors (Lipinski definition) is 6. The molecule has 0 fully saturated rings. The number of nitrogens with two attached hydrogens (primary N) is 1. The number of rotatable bonds is 2. The smallest absolute Gasteiger partial charge is 0.263 e. The lowest BCUT2D eigenvalue weighted by Gasteiger charge is -1.99. The van der Waals surface area contributed by atoms with Crippen molar-refractivity contribution >= 4 is 28.5 Å². The molecule has 0 amide bonds. The third-order valence-corrected chi connectivity index (χ3v) is 3.41. The average Bonchev–Trinajstić information content (AvgIpc) is 2.79. The molecule has 0 unspecified atom stereocenters. The summed E-state index contributed by atoms with van der Waals surface area (Å²) in [4.78, 5) is 8.70. The van der Waals surface area contributed by atoms with E-state index in [0.717, 1.165) is 11.2 Å². The Bertz CT molecular complexity index is 835. The lowest BCUT2D eigenvalue weighted by atomic mass is 10.2. The molecule has 0 radical (unpaired) electrons. The molecular formula is C14H10N4OS. The molecular weight excluding hydrogens is 272 g/mol. The zero-order valence-electron chi connectivity index (χ0n) is 10.6. The molecule has 2 heterocycles. The standard InChI is InChI=1S/C14H10N4OS/c1-8-4-9(7-15)5-13(17-8)20-14-18-11-3-2-10(16)6-12(11)19-14/h2-6H,16H2,1H3. The van der Waals surface area contributed by atoms with Crippen LogP contribution in [0.25, 0.3) is 11.1 Å². The van der Waals surface area contributed by atoms with Gasteiger partial charge in [0, 0.05) is 17.4 Å². The van der Waals surface area contributed by atoms with Crippen LogP contribution in [0.4, 0.5) is 5.69 Å². The summed E-state index contributed by atoms with van der Waals surface area (Å²) in [5, 5.41) is 10.1. The van der Waals surface area contributed by atoms with Gasteiger partial charge in [-0.1, -0.05) is 0 Å². The molecule has 2 aromatic heterocycles. The first-order valence-electron chi connectivity index (χ1n) is 5.87. The number of nitrogens with zero attached hydrogens (tertiary/aromatic N) is 3. The van der Waals surface area contributed by atoms with Crippen molar-refractivity contribution in [3.63, 3.8) is 0 Å². The minimum atomic E-state index is 0.479. The van der Waals surface area contributed by atoms with Gasteiger partial charge in [0.25, 0.3) is 5.22 Å². The molecule has 0 aliphatic heterocycles. The Morgan fingerprint density at radius 2 is 2.10 bits per heavy atom. The van der Waals surface area contributed by atoms with E-state index in [1.807, 2.05) is 13.0 Å². The maximum absolute atomic E-state index is 8.96. The summed E-state index contributed by atoms with van der Waals surface area (Å²) in [6.45, 7) is 1.84. The Morgan fingerprint density at radius 1 is 1.25 bits per heavy atom. The Hall–Kier alpha value is -2.52. The van der Waals surface area contributed by atoms with Crippen LogP contribution in [-0.2, 0) is 0 Å². The number of aromatic nitrogens is 2. The van der Waals surface area contributed by atoms with Gasteiger partial charge in [-0.25, -0.2) is 9.97 Å². The van der Waals surface area contributed by atoms with Gasteiger partial charge in [-0.3, -0.25) is 0 Å². The molecule has 0 bridgehead atoms. The number of anilines is 1. The lowest BCUT2D eigenvalue weighted by molar-refractivity contribution is 0.489. The second kappa shape index (κ2) is 4.87. The summed E-state index contributed by atoms with van der Waals surface area (Å²) in [6, 6.07) is 10.9. The highest BCUT2D eigenvalue weighted by molar-refractivity contribution is 7.99. The molecule has 20 heavy (non-hydrogen) atoms. The Labute approximate surface area is 119 Å². The predicted molar refractivity (Wildman–Crippen MR) is 76.2 cm³/mol. The number of fused-ring (bicyclic) bond motifs is 1. The summed E-state index contributed by atoms with van der Waals surface area (Å²) in [7, 11) is 0. The maximum Gasteiger partial charge on any atom is 0.263 e. The lowest BCUT2D eigenvalue weighted by Crippen LogP contribution is -1.87. The molecule has 0 aliphatic carbocycles. The molecule has 0 spiro atoms. The fourth-order valence-corrected chi connectivity index (χ4v) is 2.64. The SMILES string of the molecule is Cc1cc(C#N)cc(Sc2nc3ccc(N)cc3o2)n1. The molecule has 0 atom stereocenters. The van der Waals surface area contributed by atoms with Crippen LogP contribution in [0.1, 0.15) is 11.3 Å². The Morgan fingerprint density at radius 3 is 2.90 bits per heavy atom. The van der Waals surface area contributed by atoms with Gasteiger partial charge >= 0.3 is 0 Å². The minimum Gasteiger partial charge on any atom is -0.431 e. The monoisotopic (exact) mass is 282 g/mol. The highest BCUT2D eigenvalue weighted by Crippen LogP contribution is 2.30. The number of pyridine rings is 1. The van der Waals surface area contributed by atoms with Crippen molar-refractivity contribution in [2.45, 2.75) is 17.2 Å². The Kier molecular flexibility index (Phi) is 3.05. The predicted octanol–water partition coefficient (Wildman–Crippen LogP) is 3.14. The van der Waals surface area contributed by atoms with Crippen LogP contribution in [0.5, 0.6) is 0 Å². The molecule has 3 rings (SSSR count). The van der Waals surface area contributed by atoms with Crippen LogP contribution >= 0.6 is 11.8 Å².